The Morgan fingerprint density at radius 1 is 1.22 bits per heavy atom. The number of rotatable bonds is 5. The van der Waals surface area contributed by atoms with E-state index >= 15 is 0 Å². The highest BCUT2D eigenvalue weighted by atomic mass is 16.3. The second kappa shape index (κ2) is 7.10. The van der Waals surface area contributed by atoms with Crippen LogP contribution in [0.4, 0.5) is 0 Å². The van der Waals surface area contributed by atoms with Gasteiger partial charge in [-0.1, -0.05) is 0 Å². The molecule has 4 heteroatoms. The molecule has 1 saturated carbocycles. The Bertz CT molecular complexity index is 256. The highest BCUT2D eigenvalue weighted by Gasteiger charge is 2.23. The molecule has 18 heavy (non-hydrogen) atoms. The molecule has 0 radical (unpaired) electrons. The van der Waals surface area contributed by atoms with Crippen LogP contribution >= 0.6 is 0 Å². The number of hydrazone groups is 1. The lowest BCUT2D eigenvalue weighted by molar-refractivity contribution is 0.146. The maximum absolute atomic E-state index is 8.96. The van der Waals surface area contributed by atoms with E-state index in [0.717, 1.165) is 19.6 Å². The van der Waals surface area contributed by atoms with Crippen LogP contribution < -0.4 is 0 Å². The van der Waals surface area contributed by atoms with Gasteiger partial charge < -0.3 is 10.0 Å². The van der Waals surface area contributed by atoms with Crippen LogP contribution in [0, 0.1) is 5.92 Å². The lowest BCUT2D eigenvalue weighted by Gasteiger charge is -2.33. The van der Waals surface area contributed by atoms with Gasteiger partial charge in [0.25, 0.3) is 0 Å². The SMILES string of the molecule is CN(CCO)C1CCC(C=NN2CCCC2)CC1. The molecule has 0 atom stereocenters. The average Bonchev–Trinajstić information content (AvgIpc) is 2.90. The van der Waals surface area contributed by atoms with Crippen LogP contribution in [0.2, 0.25) is 0 Å². The molecule has 4 nitrogen and oxygen atoms in total. The summed E-state index contributed by atoms with van der Waals surface area (Å²) in [5.41, 5.74) is 0. The first-order chi connectivity index (χ1) is 8.79. The number of aliphatic hydroxyl groups is 1. The molecule has 0 aromatic rings. The zero-order valence-corrected chi connectivity index (χ0v) is 11.6. The van der Waals surface area contributed by atoms with E-state index in [1.165, 1.54) is 38.5 Å². The Hall–Kier alpha value is -0.610. The van der Waals surface area contributed by atoms with Crippen LogP contribution in [0.15, 0.2) is 5.10 Å². The Balaban J connectivity index is 1.69. The third-order valence-electron chi connectivity index (χ3n) is 4.34. The van der Waals surface area contributed by atoms with Crippen LogP contribution in [-0.4, -0.2) is 60.6 Å². The summed E-state index contributed by atoms with van der Waals surface area (Å²) in [6.45, 7) is 3.36. The summed E-state index contributed by atoms with van der Waals surface area (Å²) in [5.74, 6) is 0.671. The predicted octanol–water partition coefficient (Wildman–Crippen LogP) is 1.55. The minimum atomic E-state index is 0.271. The van der Waals surface area contributed by atoms with E-state index in [0.29, 0.717) is 12.0 Å². The van der Waals surface area contributed by atoms with Crippen molar-refractivity contribution in [3.8, 4) is 0 Å². The molecule has 0 aromatic carbocycles. The molecule has 0 unspecified atom stereocenters. The highest BCUT2D eigenvalue weighted by Crippen LogP contribution is 2.26. The van der Waals surface area contributed by atoms with E-state index in [2.05, 4.69) is 28.3 Å². The van der Waals surface area contributed by atoms with Gasteiger partial charge in [0.2, 0.25) is 0 Å². The largest absolute Gasteiger partial charge is 0.395 e. The predicted molar refractivity (Wildman–Crippen MR) is 74.8 cm³/mol. The molecular formula is C14H27N3O. The Morgan fingerprint density at radius 3 is 2.50 bits per heavy atom. The van der Waals surface area contributed by atoms with Crippen LogP contribution in [0.1, 0.15) is 38.5 Å². The summed E-state index contributed by atoms with van der Waals surface area (Å²) in [6.07, 6.45) is 9.77. The summed E-state index contributed by atoms with van der Waals surface area (Å²) in [7, 11) is 2.12. The molecule has 104 valence electrons. The standard InChI is InChI=1S/C14H27N3O/c1-16(10-11-18)14-6-4-13(5-7-14)12-15-17-8-2-3-9-17/h12-14,18H,2-11H2,1H3. The number of hydrogen-bond donors (Lipinski definition) is 1. The van der Waals surface area contributed by atoms with Crippen molar-refractivity contribution in [2.75, 3.05) is 33.3 Å². The molecule has 0 bridgehead atoms. The van der Waals surface area contributed by atoms with Gasteiger partial charge in [-0.3, -0.25) is 5.01 Å². The fraction of sp³-hybridized carbons (Fsp3) is 0.929. The zero-order valence-electron chi connectivity index (χ0n) is 11.6. The van der Waals surface area contributed by atoms with Gasteiger partial charge in [0.1, 0.15) is 0 Å². The Kier molecular flexibility index (Phi) is 5.45. The third-order valence-corrected chi connectivity index (χ3v) is 4.34. The fourth-order valence-electron chi connectivity index (χ4n) is 3.04. The monoisotopic (exact) mass is 253 g/mol. The Labute approximate surface area is 111 Å². The van der Waals surface area contributed by atoms with E-state index < -0.39 is 0 Å². The van der Waals surface area contributed by atoms with Crippen molar-refractivity contribution in [3.63, 3.8) is 0 Å². The Morgan fingerprint density at radius 2 is 1.89 bits per heavy atom. The molecule has 0 aromatic heterocycles. The van der Waals surface area contributed by atoms with Gasteiger partial charge in [-0.2, -0.15) is 5.10 Å². The second-order valence-electron chi connectivity index (χ2n) is 5.70. The third kappa shape index (κ3) is 3.95. The summed E-state index contributed by atoms with van der Waals surface area (Å²) in [6, 6.07) is 0.661. The minimum absolute atomic E-state index is 0.271. The van der Waals surface area contributed by atoms with E-state index in [9.17, 15) is 0 Å². The second-order valence-corrected chi connectivity index (χ2v) is 5.70. The molecule has 1 aliphatic carbocycles. The summed E-state index contributed by atoms with van der Waals surface area (Å²) < 4.78 is 0. The quantitative estimate of drug-likeness (QED) is 0.756. The van der Waals surface area contributed by atoms with Crippen molar-refractivity contribution in [1.82, 2.24) is 9.91 Å². The minimum Gasteiger partial charge on any atom is -0.395 e. The van der Waals surface area contributed by atoms with Crippen molar-refractivity contribution in [3.05, 3.63) is 0 Å². The number of hydrogen-bond acceptors (Lipinski definition) is 4. The number of aliphatic hydroxyl groups excluding tert-OH is 1. The van der Waals surface area contributed by atoms with E-state index in [-0.39, 0.29) is 6.61 Å². The molecule has 1 heterocycles. The van der Waals surface area contributed by atoms with Crippen molar-refractivity contribution in [2.45, 2.75) is 44.6 Å². The van der Waals surface area contributed by atoms with Crippen molar-refractivity contribution in [2.24, 2.45) is 11.0 Å². The highest BCUT2D eigenvalue weighted by molar-refractivity contribution is 5.60. The first-order valence-electron chi connectivity index (χ1n) is 7.39. The van der Waals surface area contributed by atoms with Gasteiger partial charge >= 0.3 is 0 Å². The van der Waals surface area contributed by atoms with Crippen molar-refractivity contribution >= 4 is 6.21 Å². The molecule has 0 spiro atoms. The van der Waals surface area contributed by atoms with E-state index in [4.69, 9.17) is 5.11 Å². The maximum atomic E-state index is 8.96. The van der Waals surface area contributed by atoms with E-state index in [1.807, 2.05) is 0 Å². The van der Waals surface area contributed by atoms with Gasteiger partial charge in [-0.05, 0) is 51.5 Å². The summed E-state index contributed by atoms with van der Waals surface area (Å²) in [4.78, 5) is 2.30. The van der Waals surface area contributed by atoms with Crippen LogP contribution in [0.25, 0.3) is 0 Å². The van der Waals surface area contributed by atoms with Gasteiger partial charge in [0.15, 0.2) is 0 Å². The smallest absolute Gasteiger partial charge is 0.0558 e. The lowest BCUT2D eigenvalue weighted by Crippen LogP contribution is -2.37. The van der Waals surface area contributed by atoms with Crippen LogP contribution in [0.5, 0.6) is 0 Å². The summed E-state index contributed by atoms with van der Waals surface area (Å²) in [5, 5.41) is 15.8. The molecule has 0 amide bonds. The molecule has 1 aliphatic heterocycles. The van der Waals surface area contributed by atoms with E-state index in [1.54, 1.807) is 0 Å². The van der Waals surface area contributed by atoms with Crippen LogP contribution in [-0.2, 0) is 0 Å². The average molecular weight is 253 g/mol. The lowest BCUT2D eigenvalue weighted by atomic mass is 9.86. The number of nitrogens with zero attached hydrogens (tertiary/aromatic N) is 3. The van der Waals surface area contributed by atoms with Crippen molar-refractivity contribution in [1.29, 1.82) is 0 Å². The first kappa shape index (κ1) is 13.8. The zero-order chi connectivity index (χ0) is 12.8. The molecule has 1 saturated heterocycles. The fourth-order valence-corrected chi connectivity index (χ4v) is 3.04. The van der Waals surface area contributed by atoms with Crippen molar-refractivity contribution < 1.29 is 5.11 Å². The molecular weight excluding hydrogens is 226 g/mol. The van der Waals surface area contributed by atoms with Gasteiger partial charge in [0.05, 0.1) is 6.61 Å². The normalized spacial score (nSPS) is 29.6. The molecule has 2 fully saturated rings. The topological polar surface area (TPSA) is 39.1 Å². The molecule has 1 N–H and O–H groups in total. The van der Waals surface area contributed by atoms with Crippen LogP contribution in [0.3, 0.4) is 0 Å². The maximum Gasteiger partial charge on any atom is 0.0558 e. The van der Waals surface area contributed by atoms with Gasteiger partial charge in [-0.25, -0.2) is 0 Å². The summed E-state index contributed by atoms with van der Waals surface area (Å²) >= 11 is 0. The molecule has 2 aliphatic rings. The first-order valence-corrected chi connectivity index (χ1v) is 7.39. The van der Waals surface area contributed by atoms with Gasteiger partial charge in [0, 0.05) is 31.9 Å². The number of likely N-dealkylation sites (N-methyl/N-ethyl adjacent to an activating group) is 1. The molecule has 2 rings (SSSR count). The van der Waals surface area contributed by atoms with Gasteiger partial charge in [-0.15, -0.1) is 0 Å².